The molecular formula is C17H22BrNO3. The standard InChI is InChI=1S/C15H16BrNO3.C2H6/c1-15(2)6-5-10(16)13-9(8-15)12(19-3)7-11(17-13)14(18)20-4;1-2/h5-8H,1-4H3;1-2H3. The first-order valence-electron chi connectivity index (χ1n) is 7.13. The van der Waals surface area contributed by atoms with Gasteiger partial charge in [0.05, 0.1) is 19.6 Å². The summed E-state index contributed by atoms with van der Waals surface area (Å²) in [7, 11) is 2.90. The van der Waals surface area contributed by atoms with Crippen LogP contribution in [0.25, 0.3) is 10.6 Å². The maximum absolute atomic E-state index is 11.7. The van der Waals surface area contributed by atoms with Gasteiger partial charge in [0.1, 0.15) is 5.75 Å². The Bertz CT molecular complexity index is 705. The quantitative estimate of drug-likeness (QED) is 0.754. The number of hydrogen-bond acceptors (Lipinski definition) is 4. The Balaban J connectivity index is 0.00000116. The number of esters is 1. The molecule has 0 aliphatic heterocycles. The van der Waals surface area contributed by atoms with Gasteiger partial charge >= 0.3 is 5.97 Å². The Hall–Kier alpha value is -1.62. The van der Waals surface area contributed by atoms with Gasteiger partial charge in [-0.05, 0) is 22.0 Å². The minimum absolute atomic E-state index is 0.133. The lowest BCUT2D eigenvalue weighted by Crippen LogP contribution is -2.33. The summed E-state index contributed by atoms with van der Waals surface area (Å²) in [5, 5.41) is 1.54. The van der Waals surface area contributed by atoms with E-state index in [1.165, 1.54) is 7.11 Å². The molecule has 0 aromatic carbocycles. The molecule has 2 rings (SSSR count). The van der Waals surface area contributed by atoms with Crippen LogP contribution in [0.15, 0.2) is 18.2 Å². The van der Waals surface area contributed by atoms with E-state index in [1.807, 2.05) is 19.9 Å². The zero-order chi connectivity index (χ0) is 16.9. The predicted octanol–water partition coefficient (Wildman–Crippen LogP) is 2.78. The molecule has 1 aromatic heterocycles. The van der Waals surface area contributed by atoms with Gasteiger partial charge in [0, 0.05) is 21.2 Å². The molecule has 0 radical (unpaired) electrons. The smallest absolute Gasteiger partial charge is 0.356 e. The van der Waals surface area contributed by atoms with Crippen molar-refractivity contribution in [3.63, 3.8) is 0 Å². The van der Waals surface area contributed by atoms with Crippen molar-refractivity contribution in [2.24, 2.45) is 5.41 Å². The number of methoxy groups -OCH3 is 2. The highest BCUT2D eigenvalue weighted by atomic mass is 79.9. The van der Waals surface area contributed by atoms with Gasteiger partial charge in [0.2, 0.25) is 0 Å². The van der Waals surface area contributed by atoms with Crippen LogP contribution in [-0.4, -0.2) is 25.2 Å². The van der Waals surface area contributed by atoms with Gasteiger partial charge in [-0.3, -0.25) is 0 Å². The van der Waals surface area contributed by atoms with Gasteiger partial charge < -0.3 is 9.47 Å². The normalized spacial score (nSPS) is 14.8. The highest BCUT2D eigenvalue weighted by molar-refractivity contribution is 9.15. The number of fused-ring (bicyclic) bond motifs is 1. The summed E-state index contributed by atoms with van der Waals surface area (Å²) >= 11 is 3.50. The van der Waals surface area contributed by atoms with Crippen molar-refractivity contribution in [1.29, 1.82) is 0 Å². The lowest BCUT2D eigenvalue weighted by atomic mass is 9.92. The van der Waals surface area contributed by atoms with E-state index in [0.717, 1.165) is 9.70 Å². The van der Waals surface area contributed by atoms with Crippen LogP contribution >= 0.6 is 15.9 Å². The lowest BCUT2D eigenvalue weighted by Gasteiger charge is -2.13. The maximum Gasteiger partial charge on any atom is 0.356 e. The maximum atomic E-state index is 11.7. The monoisotopic (exact) mass is 367 g/mol. The molecule has 0 spiro atoms. The van der Waals surface area contributed by atoms with Gasteiger partial charge in [-0.15, -0.1) is 0 Å². The summed E-state index contributed by atoms with van der Waals surface area (Å²) in [6.45, 7) is 8.18. The Labute approximate surface area is 139 Å². The predicted molar refractivity (Wildman–Crippen MR) is 92.4 cm³/mol. The van der Waals surface area contributed by atoms with Crippen molar-refractivity contribution >= 4 is 32.5 Å². The fourth-order valence-corrected chi connectivity index (χ4v) is 2.45. The first-order valence-corrected chi connectivity index (χ1v) is 7.92. The van der Waals surface area contributed by atoms with E-state index in [4.69, 9.17) is 9.47 Å². The second-order valence-electron chi connectivity index (χ2n) is 5.11. The molecule has 1 aromatic rings. The first kappa shape index (κ1) is 18.4. The van der Waals surface area contributed by atoms with Gasteiger partial charge in [-0.25, -0.2) is 9.78 Å². The van der Waals surface area contributed by atoms with Crippen LogP contribution in [-0.2, 0) is 4.74 Å². The lowest BCUT2D eigenvalue weighted by molar-refractivity contribution is 0.0593. The Morgan fingerprint density at radius 1 is 1.27 bits per heavy atom. The molecule has 0 saturated heterocycles. The van der Waals surface area contributed by atoms with E-state index in [9.17, 15) is 4.79 Å². The fraction of sp³-hybridized carbons (Fsp3) is 0.412. The van der Waals surface area contributed by atoms with Crippen molar-refractivity contribution in [1.82, 2.24) is 4.98 Å². The molecule has 0 fully saturated rings. The average Bonchev–Trinajstić information content (AvgIpc) is 2.64. The van der Waals surface area contributed by atoms with Crippen molar-refractivity contribution in [2.75, 3.05) is 14.2 Å². The summed E-state index contributed by atoms with van der Waals surface area (Å²) < 4.78 is 10.9. The second-order valence-corrected chi connectivity index (χ2v) is 5.96. The minimum Gasteiger partial charge on any atom is -0.496 e. The molecule has 5 heteroatoms. The molecule has 1 aliphatic carbocycles. The van der Waals surface area contributed by atoms with Crippen LogP contribution < -0.4 is 15.3 Å². The number of allylic oxidation sites excluding steroid dienone is 2. The third-order valence-corrected chi connectivity index (χ3v) is 3.68. The molecule has 0 bridgehead atoms. The van der Waals surface area contributed by atoms with E-state index < -0.39 is 5.97 Å². The van der Waals surface area contributed by atoms with Crippen LogP contribution in [0.3, 0.4) is 0 Å². The number of carbonyl (C=O) groups is 1. The summed E-state index contributed by atoms with van der Waals surface area (Å²) in [6, 6.07) is 1.60. The molecule has 1 heterocycles. The van der Waals surface area contributed by atoms with Gasteiger partial charge in [0.25, 0.3) is 0 Å². The highest BCUT2D eigenvalue weighted by Gasteiger charge is 2.18. The fourth-order valence-electron chi connectivity index (χ4n) is 2.02. The Kier molecular flexibility index (Phi) is 6.35. The van der Waals surface area contributed by atoms with E-state index >= 15 is 0 Å². The zero-order valence-corrected chi connectivity index (χ0v) is 15.4. The molecule has 120 valence electrons. The summed E-state index contributed by atoms with van der Waals surface area (Å²) in [5.41, 5.74) is 0.0907. The van der Waals surface area contributed by atoms with Crippen LogP contribution in [0.1, 0.15) is 38.2 Å². The third kappa shape index (κ3) is 3.97. The van der Waals surface area contributed by atoms with Gasteiger partial charge in [-0.2, -0.15) is 0 Å². The van der Waals surface area contributed by atoms with E-state index in [1.54, 1.807) is 13.2 Å². The van der Waals surface area contributed by atoms with Crippen LogP contribution in [0, 0.1) is 5.41 Å². The number of nitrogens with zero attached hydrogens (tertiary/aromatic N) is 1. The Morgan fingerprint density at radius 2 is 1.91 bits per heavy atom. The molecule has 0 amide bonds. The van der Waals surface area contributed by atoms with Crippen molar-refractivity contribution < 1.29 is 14.3 Å². The number of hydrogen-bond donors (Lipinski definition) is 0. The molecule has 0 atom stereocenters. The number of aromatic nitrogens is 1. The Morgan fingerprint density at radius 3 is 2.45 bits per heavy atom. The van der Waals surface area contributed by atoms with Crippen molar-refractivity contribution in [2.45, 2.75) is 27.7 Å². The number of rotatable bonds is 2. The van der Waals surface area contributed by atoms with Gasteiger partial charge in [-0.1, -0.05) is 39.8 Å². The van der Waals surface area contributed by atoms with Crippen LogP contribution in [0.2, 0.25) is 0 Å². The molecule has 22 heavy (non-hydrogen) atoms. The molecule has 0 N–H and O–H groups in total. The van der Waals surface area contributed by atoms with Crippen molar-refractivity contribution in [3.05, 3.63) is 34.5 Å². The molecule has 4 nitrogen and oxygen atoms in total. The summed E-state index contributed by atoms with van der Waals surface area (Å²) in [5.74, 6) is 0.114. The highest BCUT2D eigenvalue weighted by Crippen LogP contribution is 2.23. The molecular weight excluding hydrogens is 346 g/mol. The summed E-state index contributed by atoms with van der Waals surface area (Å²) in [4.78, 5) is 16.1. The zero-order valence-electron chi connectivity index (χ0n) is 13.9. The van der Waals surface area contributed by atoms with E-state index in [2.05, 4.69) is 46.9 Å². The van der Waals surface area contributed by atoms with E-state index in [-0.39, 0.29) is 11.1 Å². The first-order chi connectivity index (χ1) is 10.4. The number of pyridine rings is 1. The van der Waals surface area contributed by atoms with Crippen molar-refractivity contribution in [3.8, 4) is 5.75 Å². The minimum atomic E-state index is -0.487. The van der Waals surface area contributed by atoms with E-state index in [0.29, 0.717) is 11.1 Å². The third-order valence-electron chi connectivity index (χ3n) is 3.04. The largest absolute Gasteiger partial charge is 0.496 e. The number of carbonyl (C=O) groups excluding carboxylic acids is 1. The SMILES string of the molecule is CC.COC(=O)c1cc(OC)c2c(n1)=C(Br)C=CC(C)(C)C=2. The average molecular weight is 368 g/mol. The molecule has 1 aliphatic rings. The number of halogens is 1. The van der Waals surface area contributed by atoms with Crippen LogP contribution in [0.4, 0.5) is 0 Å². The summed E-state index contributed by atoms with van der Waals surface area (Å²) in [6.07, 6.45) is 6.08. The molecule has 0 unspecified atom stereocenters. The topological polar surface area (TPSA) is 48.4 Å². The number of ether oxygens (including phenoxy) is 2. The second kappa shape index (κ2) is 7.58. The van der Waals surface area contributed by atoms with Crippen LogP contribution in [0.5, 0.6) is 5.75 Å². The van der Waals surface area contributed by atoms with Gasteiger partial charge in [0.15, 0.2) is 5.69 Å². The molecule has 0 saturated carbocycles.